The fourth-order valence-electron chi connectivity index (χ4n) is 4.14. The zero-order valence-corrected chi connectivity index (χ0v) is 18.9. The van der Waals surface area contributed by atoms with Crippen molar-refractivity contribution >= 4 is 28.6 Å². The topological polar surface area (TPSA) is 62.5 Å². The molecule has 0 radical (unpaired) electrons. The Morgan fingerprint density at radius 1 is 0.906 bits per heavy atom. The first-order valence-corrected chi connectivity index (χ1v) is 11.7. The molecule has 0 bridgehead atoms. The normalized spacial score (nSPS) is 11.2. The number of aromatic nitrogens is 1. The third kappa shape index (κ3) is 5.00. The number of carboxylic acids is 1. The molecule has 0 aliphatic heterocycles. The van der Waals surface area contributed by atoms with Crippen LogP contribution in [0.25, 0.3) is 22.2 Å². The minimum absolute atomic E-state index is 0.215. The van der Waals surface area contributed by atoms with E-state index in [1.807, 2.05) is 30.3 Å². The molecule has 0 fully saturated rings. The number of aryl methyl sites for hydroxylation is 2. The van der Waals surface area contributed by atoms with E-state index in [9.17, 15) is 9.90 Å². The molecule has 0 amide bonds. The monoisotopic (exact) mass is 445 g/mol. The van der Waals surface area contributed by atoms with Crippen molar-refractivity contribution in [2.45, 2.75) is 48.9 Å². The molecule has 5 heteroatoms. The number of rotatable bonds is 9. The molecule has 0 saturated heterocycles. The number of fused-ring (bicyclic) bond motifs is 1. The Balaban J connectivity index is 1.63. The van der Waals surface area contributed by atoms with Crippen molar-refractivity contribution in [1.29, 1.82) is 0 Å². The van der Waals surface area contributed by atoms with E-state index >= 15 is 0 Å². The maximum Gasteiger partial charge on any atom is 0.303 e. The average Bonchev–Trinajstić information content (AvgIpc) is 3.05. The lowest BCUT2D eigenvalue weighted by molar-refractivity contribution is -0.137. The molecule has 0 unspecified atom stereocenters. The zero-order chi connectivity index (χ0) is 22.5. The maximum absolute atomic E-state index is 10.8. The van der Waals surface area contributed by atoms with E-state index in [0.717, 1.165) is 47.1 Å². The van der Waals surface area contributed by atoms with Gasteiger partial charge in [0.15, 0.2) is 0 Å². The number of phenolic OH excluding ortho intramolecular Hbond substituents is 1. The molecule has 164 valence electrons. The summed E-state index contributed by atoms with van der Waals surface area (Å²) in [4.78, 5) is 13.2. The molecule has 0 aliphatic rings. The van der Waals surface area contributed by atoms with Crippen LogP contribution in [-0.4, -0.2) is 20.7 Å². The van der Waals surface area contributed by atoms with Gasteiger partial charge in [-0.1, -0.05) is 48.5 Å². The highest BCUT2D eigenvalue weighted by molar-refractivity contribution is 7.99. The van der Waals surface area contributed by atoms with Crippen molar-refractivity contribution in [2.24, 2.45) is 0 Å². The fraction of sp³-hybridized carbons (Fsp3) is 0.222. The molecule has 4 rings (SSSR count). The lowest BCUT2D eigenvalue weighted by Gasteiger charge is -2.13. The van der Waals surface area contributed by atoms with Gasteiger partial charge in [-0.25, -0.2) is 0 Å². The molecular formula is C27H27NO3S. The molecule has 0 aliphatic carbocycles. The number of aromatic hydroxyl groups is 1. The minimum atomic E-state index is -0.739. The van der Waals surface area contributed by atoms with Crippen molar-refractivity contribution in [2.75, 3.05) is 0 Å². The number of carbonyl (C=O) groups is 1. The number of aliphatic carboxylic acids is 1. The van der Waals surface area contributed by atoms with Crippen LogP contribution in [0.5, 0.6) is 5.75 Å². The number of benzene rings is 3. The molecule has 0 spiro atoms. The highest BCUT2D eigenvalue weighted by Gasteiger charge is 2.16. The van der Waals surface area contributed by atoms with Crippen LogP contribution in [0.1, 0.15) is 31.2 Å². The summed E-state index contributed by atoms with van der Waals surface area (Å²) in [6.45, 7) is 2.91. The van der Waals surface area contributed by atoms with Gasteiger partial charge in [-0.05, 0) is 73.4 Å². The second-order valence-corrected chi connectivity index (χ2v) is 9.12. The van der Waals surface area contributed by atoms with Gasteiger partial charge in [0, 0.05) is 33.7 Å². The van der Waals surface area contributed by atoms with Crippen molar-refractivity contribution in [3.8, 4) is 17.0 Å². The van der Waals surface area contributed by atoms with E-state index in [0.29, 0.717) is 6.42 Å². The van der Waals surface area contributed by atoms with Crippen molar-refractivity contribution in [3.05, 3.63) is 78.4 Å². The first kappa shape index (κ1) is 22.0. The van der Waals surface area contributed by atoms with Crippen LogP contribution >= 0.6 is 11.8 Å². The molecule has 1 heterocycles. The van der Waals surface area contributed by atoms with E-state index in [4.69, 9.17) is 5.11 Å². The van der Waals surface area contributed by atoms with Crippen molar-refractivity contribution < 1.29 is 15.0 Å². The third-order valence-electron chi connectivity index (χ3n) is 5.68. The Bertz CT molecular complexity index is 1210. The molecule has 0 saturated carbocycles. The number of carboxylic acid groups (broad SMARTS) is 1. The van der Waals surface area contributed by atoms with Gasteiger partial charge in [-0.3, -0.25) is 4.79 Å². The number of phenols is 1. The summed E-state index contributed by atoms with van der Waals surface area (Å²) in [6.07, 6.45) is 2.68. The van der Waals surface area contributed by atoms with E-state index in [2.05, 4.69) is 47.9 Å². The van der Waals surface area contributed by atoms with Gasteiger partial charge in [0.2, 0.25) is 0 Å². The van der Waals surface area contributed by atoms with Gasteiger partial charge >= 0.3 is 5.97 Å². The largest absolute Gasteiger partial charge is 0.508 e. The molecular weight excluding hydrogens is 418 g/mol. The Kier molecular flexibility index (Phi) is 6.86. The molecule has 4 nitrogen and oxygen atoms in total. The molecule has 32 heavy (non-hydrogen) atoms. The smallest absolute Gasteiger partial charge is 0.303 e. The third-order valence-corrected chi connectivity index (χ3v) is 6.69. The number of unbranched alkanes of at least 4 members (excludes halogenated alkanes) is 2. The van der Waals surface area contributed by atoms with Crippen LogP contribution in [0.2, 0.25) is 0 Å². The standard InChI is InChI=1S/C27H27NO3S/c1-19-24-18-21(29)13-16-25(24)28(17-7-3-6-10-26(30)31)27(19)20-11-14-23(15-12-20)32-22-8-4-2-5-9-22/h2,4-5,8-9,11-16,18,29H,3,6-7,10,17H2,1H3,(H,30,31). The van der Waals surface area contributed by atoms with Crippen molar-refractivity contribution in [1.82, 2.24) is 4.57 Å². The van der Waals surface area contributed by atoms with Crippen LogP contribution in [-0.2, 0) is 11.3 Å². The number of nitrogens with zero attached hydrogens (tertiary/aromatic N) is 1. The van der Waals surface area contributed by atoms with Gasteiger partial charge < -0.3 is 14.8 Å². The van der Waals surface area contributed by atoms with Gasteiger partial charge in [-0.2, -0.15) is 0 Å². The summed E-state index contributed by atoms with van der Waals surface area (Å²) in [6, 6.07) is 24.5. The van der Waals surface area contributed by atoms with Crippen LogP contribution in [0.4, 0.5) is 0 Å². The average molecular weight is 446 g/mol. The maximum atomic E-state index is 10.8. The molecule has 1 aromatic heterocycles. The number of hydrogen-bond donors (Lipinski definition) is 2. The lowest BCUT2D eigenvalue weighted by atomic mass is 10.1. The Hall–Kier alpha value is -3.18. The molecule has 0 atom stereocenters. The summed E-state index contributed by atoms with van der Waals surface area (Å²) in [5, 5.41) is 20.0. The summed E-state index contributed by atoms with van der Waals surface area (Å²) in [5.41, 5.74) is 4.53. The quantitative estimate of drug-likeness (QED) is 0.269. The van der Waals surface area contributed by atoms with Crippen LogP contribution < -0.4 is 0 Å². The predicted octanol–water partition coefficient (Wildman–Crippen LogP) is 7.12. The molecule has 2 N–H and O–H groups in total. The highest BCUT2D eigenvalue weighted by Crippen LogP contribution is 2.37. The summed E-state index contributed by atoms with van der Waals surface area (Å²) in [7, 11) is 0. The first-order valence-electron chi connectivity index (χ1n) is 10.9. The fourth-order valence-corrected chi connectivity index (χ4v) is 4.98. The Morgan fingerprint density at radius 3 is 2.34 bits per heavy atom. The van der Waals surface area contributed by atoms with Gasteiger partial charge in [0.1, 0.15) is 5.75 Å². The van der Waals surface area contributed by atoms with Crippen LogP contribution in [0, 0.1) is 6.92 Å². The number of hydrogen-bond acceptors (Lipinski definition) is 3. The second kappa shape index (κ2) is 9.96. The van der Waals surface area contributed by atoms with E-state index in [-0.39, 0.29) is 12.2 Å². The molecule has 3 aromatic carbocycles. The van der Waals surface area contributed by atoms with Crippen LogP contribution in [0.3, 0.4) is 0 Å². The molecule has 4 aromatic rings. The Morgan fingerprint density at radius 2 is 1.62 bits per heavy atom. The first-order chi connectivity index (χ1) is 15.5. The van der Waals surface area contributed by atoms with Crippen LogP contribution in [0.15, 0.2) is 82.6 Å². The van der Waals surface area contributed by atoms with Gasteiger partial charge in [-0.15, -0.1) is 0 Å². The van der Waals surface area contributed by atoms with Gasteiger partial charge in [0.25, 0.3) is 0 Å². The SMILES string of the molecule is Cc1c(-c2ccc(Sc3ccccc3)cc2)n(CCCCCC(=O)O)c2ccc(O)cc12. The summed E-state index contributed by atoms with van der Waals surface area (Å²) in [5.74, 6) is -0.475. The summed E-state index contributed by atoms with van der Waals surface area (Å²) < 4.78 is 2.31. The lowest BCUT2D eigenvalue weighted by Crippen LogP contribution is -2.02. The predicted molar refractivity (Wildman–Crippen MR) is 130 cm³/mol. The summed E-state index contributed by atoms with van der Waals surface area (Å²) >= 11 is 1.74. The zero-order valence-electron chi connectivity index (χ0n) is 18.1. The highest BCUT2D eigenvalue weighted by atomic mass is 32.2. The minimum Gasteiger partial charge on any atom is -0.508 e. The van der Waals surface area contributed by atoms with Crippen molar-refractivity contribution in [3.63, 3.8) is 0 Å². The second-order valence-electron chi connectivity index (χ2n) is 7.97. The van der Waals surface area contributed by atoms with E-state index in [1.165, 1.54) is 9.79 Å². The van der Waals surface area contributed by atoms with E-state index in [1.54, 1.807) is 17.8 Å². The Labute approximate surface area is 192 Å². The van der Waals surface area contributed by atoms with E-state index < -0.39 is 5.97 Å². The van der Waals surface area contributed by atoms with Gasteiger partial charge in [0.05, 0.1) is 5.69 Å².